The van der Waals surface area contributed by atoms with Gasteiger partial charge in [-0.25, -0.2) is 0 Å². The molecule has 0 aromatic rings. The fourth-order valence-electron chi connectivity index (χ4n) is 1.88. The largest absolute Gasteiger partial charge is 0.378 e. The third-order valence-corrected chi connectivity index (χ3v) is 3.78. The molecular weight excluding hydrogens is 276 g/mol. The van der Waals surface area contributed by atoms with Crippen molar-refractivity contribution in [3.8, 4) is 0 Å². The average Bonchev–Trinajstić information content (AvgIpc) is 2.74. The van der Waals surface area contributed by atoms with Gasteiger partial charge in [-0.05, 0) is 34.6 Å². The van der Waals surface area contributed by atoms with Crippen LogP contribution in [0.15, 0.2) is 0 Å². The molecule has 1 saturated heterocycles. The molecular formula is C14H26N2O3S. The van der Waals surface area contributed by atoms with E-state index in [9.17, 15) is 9.59 Å². The summed E-state index contributed by atoms with van der Waals surface area (Å²) >= 11 is 1.62. The second kappa shape index (κ2) is 7.31. The first-order valence-corrected chi connectivity index (χ1v) is 8.17. The highest BCUT2D eigenvalue weighted by Gasteiger charge is 2.35. The Bertz CT molecular complexity index is 353. The van der Waals surface area contributed by atoms with E-state index in [-0.39, 0.29) is 29.5 Å². The van der Waals surface area contributed by atoms with Gasteiger partial charge >= 0.3 is 0 Å². The van der Waals surface area contributed by atoms with Crippen molar-refractivity contribution in [2.45, 2.75) is 58.7 Å². The Morgan fingerprint density at radius 3 is 2.60 bits per heavy atom. The summed E-state index contributed by atoms with van der Waals surface area (Å²) in [5.41, 5.74) is -0.278. The van der Waals surface area contributed by atoms with Gasteiger partial charge in [0, 0.05) is 11.3 Å². The molecule has 0 radical (unpaired) electrons. The maximum Gasteiger partial charge on any atom is 0.244 e. The van der Waals surface area contributed by atoms with Crippen LogP contribution in [0.25, 0.3) is 0 Å². The smallest absolute Gasteiger partial charge is 0.244 e. The molecule has 2 amide bonds. The second-order valence-corrected chi connectivity index (χ2v) is 7.29. The van der Waals surface area contributed by atoms with Gasteiger partial charge in [-0.3, -0.25) is 9.59 Å². The molecule has 1 unspecified atom stereocenters. The van der Waals surface area contributed by atoms with Crippen molar-refractivity contribution in [3.63, 3.8) is 0 Å². The van der Waals surface area contributed by atoms with Crippen molar-refractivity contribution in [1.29, 1.82) is 0 Å². The molecule has 0 aromatic heterocycles. The predicted molar refractivity (Wildman–Crippen MR) is 81.6 cm³/mol. The Morgan fingerprint density at radius 2 is 2.05 bits per heavy atom. The molecule has 1 fully saturated rings. The minimum absolute atomic E-state index is 0.00953. The molecule has 0 saturated carbocycles. The molecule has 1 rings (SSSR count). The van der Waals surface area contributed by atoms with Gasteiger partial charge < -0.3 is 15.0 Å². The monoisotopic (exact) mass is 302 g/mol. The van der Waals surface area contributed by atoms with Crippen molar-refractivity contribution in [2.24, 2.45) is 0 Å². The molecule has 1 aliphatic rings. The van der Waals surface area contributed by atoms with Crippen molar-refractivity contribution < 1.29 is 14.3 Å². The van der Waals surface area contributed by atoms with E-state index in [1.54, 1.807) is 16.7 Å². The SMILES string of the molecule is CC(C)OCCC(=O)N1CSCC1C(=O)NC(C)(C)C. The number of amides is 2. The summed E-state index contributed by atoms with van der Waals surface area (Å²) in [5.74, 6) is 1.17. The molecule has 5 nitrogen and oxygen atoms in total. The third kappa shape index (κ3) is 5.71. The highest BCUT2D eigenvalue weighted by Crippen LogP contribution is 2.22. The van der Waals surface area contributed by atoms with E-state index in [0.717, 1.165) is 0 Å². The van der Waals surface area contributed by atoms with Crippen LogP contribution in [0.1, 0.15) is 41.0 Å². The zero-order valence-electron chi connectivity index (χ0n) is 13.1. The molecule has 116 valence electrons. The summed E-state index contributed by atoms with van der Waals surface area (Å²) in [6.07, 6.45) is 0.452. The summed E-state index contributed by atoms with van der Waals surface area (Å²) < 4.78 is 5.39. The Morgan fingerprint density at radius 1 is 1.40 bits per heavy atom. The molecule has 1 aliphatic heterocycles. The van der Waals surface area contributed by atoms with E-state index >= 15 is 0 Å². The van der Waals surface area contributed by atoms with Gasteiger partial charge in [0.25, 0.3) is 0 Å². The van der Waals surface area contributed by atoms with Crippen LogP contribution in [0.2, 0.25) is 0 Å². The quantitative estimate of drug-likeness (QED) is 0.838. The number of nitrogens with one attached hydrogen (secondary N) is 1. The first kappa shape index (κ1) is 17.3. The number of thioether (sulfide) groups is 1. The van der Waals surface area contributed by atoms with Crippen LogP contribution in [0.5, 0.6) is 0 Å². The zero-order chi connectivity index (χ0) is 15.3. The lowest BCUT2D eigenvalue weighted by Gasteiger charge is -2.27. The van der Waals surface area contributed by atoms with E-state index in [4.69, 9.17) is 4.74 Å². The predicted octanol–water partition coefficient (Wildman–Crippen LogP) is 1.62. The number of rotatable bonds is 5. The number of hydrogen-bond donors (Lipinski definition) is 1. The van der Waals surface area contributed by atoms with Gasteiger partial charge in [0.2, 0.25) is 11.8 Å². The van der Waals surface area contributed by atoms with E-state index in [0.29, 0.717) is 24.7 Å². The fraction of sp³-hybridized carbons (Fsp3) is 0.857. The van der Waals surface area contributed by atoms with Crippen LogP contribution >= 0.6 is 11.8 Å². The standard InChI is InChI=1S/C14H26N2O3S/c1-10(2)19-7-6-12(17)16-9-20-8-11(16)13(18)15-14(3,4)5/h10-11H,6-9H2,1-5H3,(H,15,18). The summed E-state index contributed by atoms with van der Waals surface area (Å²) in [7, 11) is 0. The van der Waals surface area contributed by atoms with E-state index in [1.165, 1.54) is 0 Å². The Balaban J connectivity index is 2.51. The second-order valence-electron chi connectivity index (χ2n) is 6.29. The minimum atomic E-state index is -0.356. The zero-order valence-corrected chi connectivity index (χ0v) is 13.9. The van der Waals surface area contributed by atoms with Crippen LogP contribution in [-0.4, -0.2) is 52.6 Å². The van der Waals surface area contributed by atoms with Crippen LogP contribution in [-0.2, 0) is 14.3 Å². The summed E-state index contributed by atoms with van der Waals surface area (Å²) in [6, 6.07) is -0.356. The number of carbonyl (C=O) groups is 2. The Labute approximate surface area is 125 Å². The highest BCUT2D eigenvalue weighted by atomic mass is 32.2. The minimum Gasteiger partial charge on any atom is -0.378 e. The topological polar surface area (TPSA) is 58.6 Å². The maximum atomic E-state index is 12.2. The molecule has 0 bridgehead atoms. The van der Waals surface area contributed by atoms with Crippen molar-refractivity contribution in [1.82, 2.24) is 10.2 Å². The summed E-state index contributed by atoms with van der Waals surface area (Å²) in [6.45, 7) is 10.1. The maximum absolute atomic E-state index is 12.2. The molecule has 6 heteroatoms. The van der Waals surface area contributed by atoms with E-state index in [2.05, 4.69) is 5.32 Å². The van der Waals surface area contributed by atoms with Crippen molar-refractivity contribution in [2.75, 3.05) is 18.2 Å². The number of carbonyl (C=O) groups excluding carboxylic acids is 2. The van der Waals surface area contributed by atoms with E-state index in [1.807, 2.05) is 34.6 Å². The lowest BCUT2D eigenvalue weighted by molar-refractivity contribution is -0.139. The molecule has 0 spiro atoms. The number of ether oxygens (including phenoxy) is 1. The Kier molecular flexibility index (Phi) is 6.33. The van der Waals surface area contributed by atoms with Crippen molar-refractivity contribution >= 4 is 23.6 Å². The number of hydrogen-bond acceptors (Lipinski definition) is 4. The molecule has 1 N–H and O–H groups in total. The van der Waals surface area contributed by atoms with Crippen LogP contribution in [0.3, 0.4) is 0 Å². The average molecular weight is 302 g/mol. The van der Waals surface area contributed by atoms with Crippen LogP contribution < -0.4 is 5.32 Å². The molecule has 0 aliphatic carbocycles. The summed E-state index contributed by atoms with van der Waals surface area (Å²) in [4.78, 5) is 26.0. The van der Waals surface area contributed by atoms with Gasteiger partial charge in [-0.15, -0.1) is 11.8 Å². The summed E-state index contributed by atoms with van der Waals surface area (Å²) in [5, 5.41) is 2.94. The number of nitrogens with zero attached hydrogens (tertiary/aromatic N) is 1. The molecule has 0 aromatic carbocycles. The first-order chi connectivity index (χ1) is 9.20. The molecule has 1 heterocycles. The van der Waals surface area contributed by atoms with Gasteiger partial charge in [-0.1, -0.05) is 0 Å². The normalized spacial score (nSPS) is 19.5. The fourth-order valence-corrected chi connectivity index (χ4v) is 3.06. The van der Waals surface area contributed by atoms with Gasteiger partial charge in [0.05, 0.1) is 25.0 Å². The van der Waals surface area contributed by atoms with E-state index < -0.39 is 0 Å². The van der Waals surface area contributed by atoms with Crippen LogP contribution in [0.4, 0.5) is 0 Å². The van der Waals surface area contributed by atoms with Crippen LogP contribution in [0, 0.1) is 0 Å². The van der Waals surface area contributed by atoms with Gasteiger partial charge in [0.15, 0.2) is 0 Å². The first-order valence-electron chi connectivity index (χ1n) is 7.01. The lowest BCUT2D eigenvalue weighted by atomic mass is 10.1. The van der Waals surface area contributed by atoms with Gasteiger partial charge in [-0.2, -0.15) is 0 Å². The third-order valence-electron chi connectivity index (χ3n) is 2.77. The Hall–Kier alpha value is -0.750. The van der Waals surface area contributed by atoms with Crippen molar-refractivity contribution in [3.05, 3.63) is 0 Å². The lowest BCUT2D eigenvalue weighted by Crippen LogP contribution is -2.52. The molecule has 20 heavy (non-hydrogen) atoms. The highest BCUT2D eigenvalue weighted by molar-refractivity contribution is 7.99. The molecule has 1 atom stereocenters. The van der Waals surface area contributed by atoms with Gasteiger partial charge in [0.1, 0.15) is 6.04 Å².